The van der Waals surface area contributed by atoms with Crippen molar-refractivity contribution in [1.29, 1.82) is 0 Å². The van der Waals surface area contributed by atoms with Crippen molar-refractivity contribution in [2.45, 2.75) is 43.9 Å². The van der Waals surface area contributed by atoms with E-state index in [2.05, 4.69) is 6.92 Å². The molecule has 0 atom stereocenters. The molecule has 24 heavy (non-hydrogen) atoms. The summed E-state index contributed by atoms with van der Waals surface area (Å²) >= 11 is 0. The van der Waals surface area contributed by atoms with Crippen molar-refractivity contribution in [2.75, 3.05) is 6.61 Å². The van der Waals surface area contributed by atoms with Crippen molar-refractivity contribution in [3.05, 3.63) is 54.6 Å². The first-order valence-corrected chi connectivity index (χ1v) is 9.60. The van der Waals surface area contributed by atoms with Crippen LogP contribution < -0.4 is 0 Å². The fourth-order valence-corrected chi connectivity index (χ4v) is 3.64. The van der Waals surface area contributed by atoms with E-state index in [-0.39, 0.29) is 41.1 Å². The SMILES string of the molecule is CCCCCCCOS(=O)(=O)c1ccccc1-c1ccccc1.[Na]. The van der Waals surface area contributed by atoms with Gasteiger partial charge in [0.25, 0.3) is 10.1 Å². The molecule has 0 aliphatic rings. The van der Waals surface area contributed by atoms with Gasteiger partial charge in [-0.3, -0.25) is 4.18 Å². The molecule has 125 valence electrons. The van der Waals surface area contributed by atoms with E-state index in [1.165, 1.54) is 12.8 Å². The molecule has 1 radical (unpaired) electrons. The zero-order valence-electron chi connectivity index (χ0n) is 14.6. The van der Waals surface area contributed by atoms with Crippen molar-refractivity contribution in [3.63, 3.8) is 0 Å². The van der Waals surface area contributed by atoms with Crippen LogP contribution in [-0.4, -0.2) is 44.6 Å². The van der Waals surface area contributed by atoms with Gasteiger partial charge in [0.05, 0.1) is 6.61 Å². The van der Waals surface area contributed by atoms with Gasteiger partial charge in [-0.05, 0) is 18.1 Å². The van der Waals surface area contributed by atoms with E-state index in [0.29, 0.717) is 5.56 Å². The molecule has 2 rings (SSSR count). The van der Waals surface area contributed by atoms with Gasteiger partial charge in [-0.15, -0.1) is 0 Å². The molecule has 0 amide bonds. The summed E-state index contributed by atoms with van der Waals surface area (Å²) in [6.45, 7) is 2.40. The van der Waals surface area contributed by atoms with Gasteiger partial charge in [0.2, 0.25) is 0 Å². The first kappa shape index (κ1) is 21.4. The zero-order chi connectivity index (χ0) is 16.5. The second-order valence-electron chi connectivity index (χ2n) is 5.55. The Labute approximate surface area is 167 Å². The molecule has 0 bridgehead atoms. The van der Waals surface area contributed by atoms with E-state index in [4.69, 9.17) is 4.18 Å². The molecule has 3 nitrogen and oxygen atoms in total. The van der Waals surface area contributed by atoms with Gasteiger partial charge < -0.3 is 0 Å². The molecule has 0 aromatic heterocycles. The van der Waals surface area contributed by atoms with Gasteiger partial charge >= 0.3 is 0 Å². The molecule has 0 N–H and O–H groups in total. The Morgan fingerprint density at radius 1 is 0.833 bits per heavy atom. The van der Waals surface area contributed by atoms with E-state index < -0.39 is 10.1 Å². The molecule has 0 heterocycles. The van der Waals surface area contributed by atoms with Gasteiger partial charge in [-0.1, -0.05) is 81.1 Å². The standard InChI is InChI=1S/C19H24O3S.Na/c1-2-3-4-5-11-16-22-23(20,21)19-15-10-9-14-18(19)17-12-7-6-8-13-17;/h6-10,12-15H,2-5,11,16H2,1H3;. The minimum Gasteiger partial charge on any atom is -0.266 e. The molecule has 0 saturated carbocycles. The van der Waals surface area contributed by atoms with Crippen molar-refractivity contribution in [3.8, 4) is 11.1 Å². The number of hydrogen-bond donors (Lipinski definition) is 0. The predicted octanol–water partition coefficient (Wildman–Crippen LogP) is 4.65. The summed E-state index contributed by atoms with van der Waals surface area (Å²) in [5.74, 6) is 0. The van der Waals surface area contributed by atoms with Gasteiger partial charge in [0.15, 0.2) is 0 Å². The normalized spacial score (nSPS) is 11.0. The maximum atomic E-state index is 12.5. The number of benzene rings is 2. The Kier molecular flexibility index (Phi) is 9.86. The molecule has 0 aliphatic carbocycles. The van der Waals surface area contributed by atoms with Gasteiger partial charge in [0, 0.05) is 35.1 Å². The second kappa shape index (κ2) is 11.1. The maximum absolute atomic E-state index is 12.5. The first-order chi connectivity index (χ1) is 11.1. The summed E-state index contributed by atoms with van der Waals surface area (Å²) in [5, 5.41) is 0. The summed E-state index contributed by atoms with van der Waals surface area (Å²) in [6.07, 6.45) is 5.25. The minimum absolute atomic E-state index is 0. The van der Waals surface area contributed by atoms with E-state index in [9.17, 15) is 8.42 Å². The van der Waals surface area contributed by atoms with Gasteiger partial charge in [-0.25, -0.2) is 0 Å². The van der Waals surface area contributed by atoms with Crippen LogP contribution in [0.1, 0.15) is 39.0 Å². The van der Waals surface area contributed by atoms with Crippen molar-refractivity contribution >= 4 is 39.7 Å². The Morgan fingerprint density at radius 3 is 2.17 bits per heavy atom. The van der Waals surface area contributed by atoms with Gasteiger partial charge in [0.1, 0.15) is 4.90 Å². The Morgan fingerprint density at radius 2 is 1.46 bits per heavy atom. The Balaban J connectivity index is 0.00000288. The predicted molar refractivity (Wildman–Crippen MR) is 99.5 cm³/mol. The Bertz CT molecular complexity index is 700. The van der Waals surface area contributed by atoms with Crippen LogP contribution >= 0.6 is 0 Å². The van der Waals surface area contributed by atoms with Crippen LogP contribution in [0.15, 0.2) is 59.5 Å². The van der Waals surface area contributed by atoms with Crippen molar-refractivity contribution < 1.29 is 12.6 Å². The molecule has 2 aromatic rings. The third kappa shape index (κ3) is 6.34. The fourth-order valence-electron chi connectivity index (χ4n) is 2.48. The van der Waals surface area contributed by atoms with Crippen LogP contribution in [0.3, 0.4) is 0 Å². The molecular formula is C19H24NaO3S. The molecule has 5 heteroatoms. The summed E-state index contributed by atoms with van der Waals surface area (Å²) in [5.41, 5.74) is 1.55. The number of unbranched alkanes of at least 4 members (excludes halogenated alkanes) is 4. The number of rotatable bonds is 9. The van der Waals surface area contributed by atoms with E-state index in [0.717, 1.165) is 24.8 Å². The van der Waals surface area contributed by atoms with Crippen LogP contribution in [0.4, 0.5) is 0 Å². The smallest absolute Gasteiger partial charge is 0.266 e. The summed E-state index contributed by atoms with van der Waals surface area (Å²) in [4.78, 5) is 0.236. The quantitative estimate of drug-likeness (QED) is 0.374. The van der Waals surface area contributed by atoms with Crippen LogP contribution in [-0.2, 0) is 14.3 Å². The third-order valence-electron chi connectivity index (χ3n) is 3.73. The monoisotopic (exact) mass is 355 g/mol. The van der Waals surface area contributed by atoms with E-state index in [1.54, 1.807) is 12.1 Å². The van der Waals surface area contributed by atoms with Crippen LogP contribution in [0.5, 0.6) is 0 Å². The second-order valence-corrected chi connectivity index (χ2v) is 7.14. The summed E-state index contributed by atoms with van der Waals surface area (Å²) in [7, 11) is -3.73. The maximum Gasteiger partial charge on any atom is 0.297 e. The third-order valence-corrected chi connectivity index (χ3v) is 5.10. The summed E-state index contributed by atoms with van der Waals surface area (Å²) < 4.78 is 30.2. The molecule has 0 spiro atoms. The molecule has 0 aliphatic heterocycles. The average molecular weight is 355 g/mol. The average Bonchev–Trinajstić information content (AvgIpc) is 2.59. The van der Waals surface area contributed by atoms with E-state index in [1.807, 2.05) is 42.5 Å². The van der Waals surface area contributed by atoms with Crippen molar-refractivity contribution in [2.24, 2.45) is 0 Å². The fraction of sp³-hybridized carbons (Fsp3) is 0.368. The van der Waals surface area contributed by atoms with E-state index >= 15 is 0 Å². The van der Waals surface area contributed by atoms with Crippen LogP contribution in [0.25, 0.3) is 11.1 Å². The molecule has 0 unspecified atom stereocenters. The number of hydrogen-bond acceptors (Lipinski definition) is 3. The molecule has 0 fully saturated rings. The minimum atomic E-state index is -3.73. The molecule has 0 saturated heterocycles. The van der Waals surface area contributed by atoms with Crippen LogP contribution in [0, 0.1) is 0 Å². The molecule has 2 aromatic carbocycles. The summed E-state index contributed by atoms with van der Waals surface area (Å²) in [6, 6.07) is 16.5. The molecular weight excluding hydrogens is 331 g/mol. The van der Waals surface area contributed by atoms with Crippen LogP contribution in [0.2, 0.25) is 0 Å². The van der Waals surface area contributed by atoms with Crippen molar-refractivity contribution in [1.82, 2.24) is 0 Å². The Hall–Kier alpha value is -0.650. The first-order valence-electron chi connectivity index (χ1n) is 8.19. The zero-order valence-corrected chi connectivity index (χ0v) is 17.4. The largest absolute Gasteiger partial charge is 0.297 e. The topological polar surface area (TPSA) is 43.4 Å². The van der Waals surface area contributed by atoms with Gasteiger partial charge in [-0.2, -0.15) is 8.42 Å².